The summed E-state index contributed by atoms with van der Waals surface area (Å²) in [5.74, 6) is 0.550. The fourth-order valence-corrected chi connectivity index (χ4v) is 1.58. The summed E-state index contributed by atoms with van der Waals surface area (Å²) in [6.07, 6.45) is 2.66. The minimum Gasteiger partial charge on any atom is -0.478 e. The summed E-state index contributed by atoms with van der Waals surface area (Å²) in [6.45, 7) is 10.3. The molecule has 0 aromatic rings. The van der Waals surface area contributed by atoms with Crippen LogP contribution >= 0.6 is 0 Å². The molecular weight excluding hydrogens is 176 g/mol. The van der Waals surface area contributed by atoms with Gasteiger partial charge in [-0.3, -0.25) is 0 Å². The third-order valence-corrected chi connectivity index (χ3v) is 2.95. The van der Waals surface area contributed by atoms with E-state index in [4.69, 9.17) is 5.11 Å². The van der Waals surface area contributed by atoms with E-state index in [9.17, 15) is 4.79 Å². The molecule has 2 unspecified atom stereocenters. The van der Waals surface area contributed by atoms with E-state index in [-0.39, 0.29) is 5.92 Å². The van der Waals surface area contributed by atoms with Crippen LogP contribution < -0.4 is 0 Å². The number of rotatable bonds is 5. The van der Waals surface area contributed by atoms with Crippen molar-refractivity contribution in [2.24, 2.45) is 17.8 Å². The Labute approximate surface area is 87.0 Å². The fraction of sp³-hybridized carbons (Fsp3) is 0.750. The van der Waals surface area contributed by atoms with E-state index < -0.39 is 5.97 Å². The van der Waals surface area contributed by atoms with Crippen LogP contribution in [-0.2, 0) is 4.79 Å². The van der Waals surface area contributed by atoms with Gasteiger partial charge in [-0.25, -0.2) is 4.79 Å². The van der Waals surface area contributed by atoms with Crippen molar-refractivity contribution in [3.05, 3.63) is 11.6 Å². The predicted molar refractivity (Wildman–Crippen MR) is 59.2 cm³/mol. The Morgan fingerprint density at radius 1 is 1.29 bits per heavy atom. The van der Waals surface area contributed by atoms with Crippen molar-refractivity contribution < 1.29 is 9.90 Å². The SMILES string of the molecule is CC=C(C(=O)O)C(C)CC(C)C(C)C. The summed E-state index contributed by atoms with van der Waals surface area (Å²) < 4.78 is 0. The maximum absolute atomic E-state index is 10.9. The van der Waals surface area contributed by atoms with E-state index in [1.807, 2.05) is 6.92 Å². The van der Waals surface area contributed by atoms with Crippen LogP contribution in [-0.4, -0.2) is 11.1 Å². The summed E-state index contributed by atoms with van der Waals surface area (Å²) in [6, 6.07) is 0. The van der Waals surface area contributed by atoms with Gasteiger partial charge in [0.25, 0.3) is 0 Å². The molecule has 0 saturated carbocycles. The second-order valence-electron chi connectivity index (χ2n) is 4.41. The Kier molecular flexibility index (Phi) is 5.51. The van der Waals surface area contributed by atoms with Crippen molar-refractivity contribution in [3.8, 4) is 0 Å². The molecule has 0 aliphatic heterocycles. The van der Waals surface area contributed by atoms with Crippen molar-refractivity contribution in [3.63, 3.8) is 0 Å². The Hall–Kier alpha value is -0.790. The quantitative estimate of drug-likeness (QED) is 0.688. The number of allylic oxidation sites excluding steroid dienone is 1. The highest BCUT2D eigenvalue weighted by Gasteiger charge is 2.18. The summed E-state index contributed by atoms with van der Waals surface area (Å²) in [5.41, 5.74) is 0.539. The van der Waals surface area contributed by atoms with Crippen LogP contribution in [0, 0.1) is 17.8 Å². The molecule has 0 spiro atoms. The zero-order chi connectivity index (χ0) is 11.3. The van der Waals surface area contributed by atoms with E-state index in [1.54, 1.807) is 13.0 Å². The highest BCUT2D eigenvalue weighted by molar-refractivity contribution is 5.86. The number of carboxylic acids is 1. The number of carboxylic acid groups (broad SMARTS) is 1. The number of hydrogen-bond donors (Lipinski definition) is 1. The number of aliphatic carboxylic acids is 1. The molecule has 0 aromatic heterocycles. The van der Waals surface area contributed by atoms with E-state index in [0.29, 0.717) is 17.4 Å². The lowest BCUT2D eigenvalue weighted by Crippen LogP contribution is -2.15. The largest absolute Gasteiger partial charge is 0.478 e. The van der Waals surface area contributed by atoms with E-state index in [0.717, 1.165) is 6.42 Å². The van der Waals surface area contributed by atoms with Crippen molar-refractivity contribution in [2.75, 3.05) is 0 Å². The zero-order valence-corrected chi connectivity index (χ0v) is 9.87. The van der Waals surface area contributed by atoms with Crippen molar-refractivity contribution in [2.45, 2.75) is 41.0 Å². The molecule has 0 aromatic carbocycles. The second kappa shape index (κ2) is 5.84. The molecule has 2 nitrogen and oxygen atoms in total. The summed E-state index contributed by atoms with van der Waals surface area (Å²) in [4.78, 5) is 10.9. The lowest BCUT2D eigenvalue weighted by molar-refractivity contribution is -0.133. The van der Waals surface area contributed by atoms with Gasteiger partial charge in [0.15, 0.2) is 0 Å². The average Bonchev–Trinajstić information content (AvgIpc) is 2.04. The first-order valence-corrected chi connectivity index (χ1v) is 5.29. The Morgan fingerprint density at radius 3 is 2.07 bits per heavy atom. The van der Waals surface area contributed by atoms with Gasteiger partial charge in [0.2, 0.25) is 0 Å². The van der Waals surface area contributed by atoms with E-state index in [1.165, 1.54) is 0 Å². The molecule has 0 rings (SSSR count). The first-order chi connectivity index (χ1) is 6.40. The Bertz CT molecular complexity index is 216. The normalized spacial score (nSPS) is 16.9. The van der Waals surface area contributed by atoms with Gasteiger partial charge < -0.3 is 5.11 Å². The summed E-state index contributed by atoms with van der Waals surface area (Å²) in [5, 5.41) is 8.93. The van der Waals surface area contributed by atoms with Gasteiger partial charge in [-0.1, -0.05) is 33.8 Å². The molecule has 0 aliphatic rings. The third-order valence-electron chi connectivity index (χ3n) is 2.95. The van der Waals surface area contributed by atoms with Gasteiger partial charge in [-0.2, -0.15) is 0 Å². The van der Waals surface area contributed by atoms with Crippen LogP contribution in [0.2, 0.25) is 0 Å². The van der Waals surface area contributed by atoms with Gasteiger partial charge >= 0.3 is 5.97 Å². The molecule has 0 amide bonds. The topological polar surface area (TPSA) is 37.3 Å². The van der Waals surface area contributed by atoms with Crippen molar-refractivity contribution in [1.29, 1.82) is 0 Å². The van der Waals surface area contributed by atoms with Crippen LogP contribution in [0.15, 0.2) is 11.6 Å². The minimum absolute atomic E-state index is 0.148. The van der Waals surface area contributed by atoms with Gasteiger partial charge in [0.05, 0.1) is 0 Å². The molecule has 0 heterocycles. The van der Waals surface area contributed by atoms with Crippen molar-refractivity contribution >= 4 is 5.97 Å². The van der Waals surface area contributed by atoms with Gasteiger partial charge in [0.1, 0.15) is 0 Å². The number of carbonyl (C=O) groups is 1. The Morgan fingerprint density at radius 2 is 1.79 bits per heavy atom. The molecule has 0 radical (unpaired) electrons. The first-order valence-electron chi connectivity index (χ1n) is 5.29. The number of hydrogen-bond acceptors (Lipinski definition) is 1. The lowest BCUT2D eigenvalue weighted by Gasteiger charge is -2.20. The summed E-state index contributed by atoms with van der Waals surface area (Å²) in [7, 11) is 0. The fourth-order valence-electron chi connectivity index (χ4n) is 1.58. The molecule has 0 fully saturated rings. The van der Waals surface area contributed by atoms with Gasteiger partial charge in [-0.05, 0) is 31.1 Å². The molecule has 82 valence electrons. The summed E-state index contributed by atoms with van der Waals surface area (Å²) >= 11 is 0. The third kappa shape index (κ3) is 3.95. The Balaban J connectivity index is 4.33. The van der Waals surface area contributed by atoms with E-state index in [2.05, 4.69) is 20.8 Å². The molecular formula is C12H22O2. The molecule has 0 bridgehead atoms. The molecule has 2 atom stereocenters. The molecule has 14 heavy (non-hydrogen) atoms. The minimum atomic E-state index is -0.782. The van der Waals surface area contributed by atoms with Crippen LogP contribution in [0.25, 0.3) is 0 Å². The monoisotopic (exact) mass is 198 g/mol. The highest BCUT2D eigenvalue weighted by Crippen LogP contribution is 2.24. The standard InChI is InChI=1S/C12H22O2/c1-6-11(12(13)14)10(5)7-9(4)8(2)3/h6,8-10H,7H2,1-5H3,(H,13,14). The van der Waals surface area contributed by atoms with Crippen LogP contribution in [0.1, 0.15) is 41.0 Å². The molecule has 0 aliphatic carbocycles. The zero-order valence-electron chi connectivity index (χ0n) is 9.87. The predicted octanol–water partition coefficient (Wildman–Crippen LogP) is 3.34. The maximum atomic E-state index is 10.9. The first kappa shape index (κ1) is 13.2. The maximum Gasteiger partial charge on any atom is 0.331 e. The second-order valence-corrected chi connectivity index (χ2v) is 4.41. The molecule has 0 saturated heterocycles. The lowest BCUT2D eigenvalue weighted by atomic mass is 9.85. The molecule has 1 N–H and O–H groups in total. The van der Waals surface area contributed by atoms with E-state index >= 15 is 0 Å². The molecule has 2 heteroatoms. The highest BCUT2D eigenvalue weighted by atomic mass is 16.4. The van der Waals surface area contributed by atoms with Gasteiger partial charge in [0, 0.05) is 5.57 Å². The van der Waals surface area contributed by atoms with Crippen molar-refractivity contribution in [1.82, 2.24) is 0 Å². The van der Waals surface area contributed by atoms with Crippen LogP contribution in [0.4, 0.5) is 0 Å². The van der Waals surface area contributed by atoms with Gasteiger partial charge in [-0.15, -0.1) is 0 Å². The van der Waals surface area contributed by atoms with Crippen LogP contribution in [0.3, 0.4) is 0 Å². The smallest absolute Gasteiger partial charge is 0.331 e. The van der Waals surface area contributed by atoms with Crippen LogP contribution in [0.5, 0.6) is 0 Å². The average molecular weight is 198 g/mol.